The van der Waals surface area contributed by atoms with Crippen LogP contribution in [0.2, 0.25) is 0 Å². The van der Waals surface area contributed by atoms with Crippen LogP contribution >= 0.6 is 0 Å². The van der Waals surface area contributed by atoms with Gasteiger partial charge in [-0.15, -0.1) is 0 Å². The number of nitrogens with one attached hydrogen (secondary N) is 2. The molecule has 2 N–H and O–H groups in total. The van der Waals surface area contributed by atoms with Crippen LogP contribution < -0.4 is 10.6 Å². The Hall–Kier alpha value is -1.35. The Balaban J connectivity index is 1.75. The Labute approximate surface area is 115 Å². The third-order valence-electron chi connectivity index (χ3n) is 4.30. The van der Waals surface area contributed by atoms with E-state index >= 15 is 0 Å². The highest BCUT2D eigenvalue weighted by Gasteiger charge is 2.44. The van der Waals surface area contributed by atoms with Crippen molar-refractivity contribution in [1.82, 2.24) is 5.32 Å². The highest BCUT2D eigenvalue weighted by atomic mass is 16.1. The van der Waals surface area contributed by atoms with E-state index < -0.39 is 0 Å². The third-order valence-corrected chi connectivity index (χ3v) is 4.30. The van der Waals surface area contributed by atoms with Crippen LogP contribution in [0.5, 0.6) is 0 Å². The molecule has 2 rings (SSSR count). The van der Waals surface area contributed by atoms with Crippen molar-refractivity contribution in [2.45, 2.75) is 33.6 Å². The van der Waals surface area contributed by atoms with E-state index in [2.05, 4.69) is 24.5 Å². The lowest BCUT2D eigenvalue weighted by Crippen LogP contribution is -2.34. The highest BCUT2D eigenvalue weighted by molar-refractivity contribution is 5.92. The van der Waals surface area contributed by atoms with E-state index in [1.165, 1.54) is 12.8 Å². The molecule has 0 radical (unpaired) electrons. The molecule has 3 nitrogen and oxygen atoms in total. The van der Waals surface area contributed by atoms with Crippen LogP contribution in [0.15, 0.2) is 24.3 Å². The maximum absolute atomic E-state index is 11.9. The van der Waals surface area contributed by atoms with Crippen molar-refractivity contribution in [1.29, 1.82) is 0 Å². The molecule has 0 aromatic heterocycles. The molecule has 0 saturated heterocycles. The van der Waals surface area contributed by atoms with Crippen LogP contribution in [0.1, 0.15) is 32.3 Å². The van der Waals surface area contributed by atoms with Gasteiger partial charge in [-0.1, -0.05) is 32.0 Å². The predicted molar refractivity (Wildman–Crippen MR) is 79.2 cm³/mol. The minimum Gasteiger partial charge on any atom is -0.325 e. The van der Waals surface area contributed by atoms with Gasteiger partial charge in [0.2, 0.25) is 5.91 Å². The average molecular weight is 260 g/mol. The van der Waals surface area contributed by atoms with Gasteiger partial charge in [0.25, 0.3) is 0 Å². The van der Waals surface area contributed by atoms with Crippen molar-refractivity contribution in [2.24, 2.45) is 11.3 Å². The summed E-state index contributed by atoms with van der Waals surface area (Å²) >= 11 is 0. The molecule has 1 aliphatic rings. The predicted octanol–water partition coefficient (Wildman–Crippen LogP) is 2.96. The zero-order valence-corrected chi connectivity index (χ0v) is 12.1. The number of aryl methyl sites for hydroxylation is 1. The molecule has 0 spiro atoms. The Morgan fingerprint density at radius 1 is 1.32 bits per heavy atom. The molecule has 1 amide bonds. The van der Waals surface area contributed by atoms with Gasteiger partial charge in [-0.2, -0.15) is 0 Å². The third kappa shape index (κ3) is 3.57. The lowest BCUT2D eigenvalue weighted by molar-refractivity contribution is -0.115. The molecule has 0 heterocycles. The Kier molecular flexibility index (Phi) is 4.25. The maximum atomic E-state index is 11.9. The van der Waals surface area contributed by atoms with Crippen LogP contribution in [0.25, 0.3) is 0 Å². The molecule has 0 bridgehead atoms. The summed E-state index contributed by atoms with van der Waals surface area (Å²) in [4.78, 5) is 11.9. The fraction of sp³-hybridized carbons (Fsp3) is 0.562. The number of carbonyl (C=O) groups excluding carboxylic acids is 1. The monoisotopic (exact) mass is 260 g/mol. The summed E-state index contributed by atoms with van der Waals surface area (Å²) in [7, 11) is 0. The van der Waals surface area contributed by atoms with E-state index in [1.54, 1.807) is 0 Å². The van der Waals surface area contributed by atoms with Crippen molar-refractivity contribution < 1.29 is 4.79 Å². The first-order valence-corrected chi connectivity index (χ1v) is 7.10. The first-order chi connectivity index (χ1) is 9.03. The number of benzene rings is 1. The van der Waals surface area contributed by atoms with Gasteiger partial charge in [-0.05, 0) is 42.7 Å². The molecule has 1 aliphatic carbocycles. The summed E-state index contributed by atoms with van der Waals surface area (Å²) in [5.41, 5.74) is 2.44. The minimum atomic E-state index is 0.0360. The second kappa shape index (κ2) is 5.74. The van der Waals surface area contributed by atoms with Gasteiger partial charge in [0.1, 0.15) is 0 Å². The van der Waals surface area contributed by atoms with Crippen molar-refractivity contribution >= 4 is 11.6 Å². The van der Waals surface area contributed by atoms with Crippen molar-refractivity contribution in [3.63, 3.8) is 0 Å². The van der Waals surface area contributed by atoms with Gasteiger partial charge < -0.3 is 10.6 Å². The summed E-state index contributed by atoms with van der Waals surface area (Å²) in [6.45, 7) is 7.87. The first kappa shape index (κ1) is 14.1. The van der Waals surface area contributed by atoms with Crippen molar-refractivity contribution in [3.05, 3.63) is 29.8 Å². The van der Waals surface area contributed by atoms with Crippen LogP contribution in [0.3, 0.4) is 0 Å². The van der Waals surface area contributed by atoms with E-state index in [4.69, 9.17) is 0 Å². The number of hydrogen-bond donors (Lipinski definition) is 2. The molecule has 0 aliphatic heterocycles. The van der Waals surface area contributed by atoms with Crippen LogP contribution in [0.4, 0.5) is 5.69 Å². The van der Waals surface area contributed by atoms with Gasteiger partial charge in [-0.3, -0.25) is 4.79 Å². The zero-order valence-electron chi connectivity index (χ0n) is 12.1. The number of amides is 1. The van der Waals surface area contributed by atoms with Gasteiger partial charge >= 0.3 is 0 Å². The van der Waals surface area contributed by atoms with E-state index in [-0.39, 0.29) is 5.91 Å². The largest absolute Gasteiger partial charge is 0.325 e. The van der Waals surface area contributed by atoms with Crippen molar-refractivity contribution in [2.75, 3.05) is 18.4 Å². The lowest BCUT2D eigenvalue weighted by Gasteiger charge is -2.20. The number of hydrogen-bond acceptors (Lipinski definition) is 2. The van der Waals surface area contributed by atoms with E-state index in [1.807, 2.05) is 31.2 Å². The zero-order chi connectivity index (χ0) is 13.9. The number of para-hydroxylation sites is 1. The number of carbonyl (C=O) groups is 1. The van der Waals surface area contributed by atoms with Crippen LogP contribution in [-0.4, -0.2) is 19.0 Å². The van der Waals surface area contributed by atoms with Crippen molar-refractivity contribution in [3.8, 4) is 0 Å². The molecule has 0 atom stereocenters. The Morgan fingerprint density at radius 3 is 2.58 bits per heavy atom. The quantitative estimate of drug-likeness (QED) is 0.825. The lowest BCUT2D eigenvalue weighted by atomic mass is 9.92. The standard InChI is InChI=1S/C16H24N2O/c1-12(2)16(8-9-16)11-17-10-15(19)18-14-7-5-4-6-13(14)3/h4-7,12,17H,8-11H2,1-3H3,(H,18,19). The number of anilines is 1. The molecule has 0 unspecified atom stereocenters. The van der Waals surface area contributed by atoms with Gasteiger partial charge in [0.05, 0.1) is 6.54 Å². The second-order valence-corrected chi connectivity index (χ2v) is 5.98. The minimum absolute atomic E-state index is 0.0360. The molecular formula is C16H24N2O. The Morgan fingerprint density at radius 2 is 2.00 bits per heavy atom. The van der Waals surface area contributed by atoms with E-state index in [9.17, 15) is 4.79 Å². The van der Waals surface area contributed by atoms with Gasteiger partial charge in [0, 0.05) is 12.2 Å². The summed E-state index contributed by atoms with van der Waals surface area (Å²) < 4.78 is 0. The van der Waals surface area contributed by atoms with Gasteiger partial charge in [0.15, 0.2) is 0 Å². The first-order valence-electron chi connectivity index (χ1n) is 7.10. The molecule has 19 heavy (non-hydrogen) atoms. The topological polar surface area (TPSA) is 41.1 Å². The summed E-state index contributed by atoms with van der Waals surface area (Å²) in [5.74, 6) is 0.730. The normalized spacial score (nSPS) is 16.4. The van der Waals surface area contributed by atoms with Gasteiger partial charge in [-0.25, -0.2) is 0 Å². The molecule has 3 heteroatoms. The highest BCUT2D eigenvalue weighted by Crippen LogP contribution is 2.51. The van der Waals surface area contributed by atoms with Crippen LogP contribution in [-0.2, 0) is 4.79 Å². The Bertz CT molecular complexity index is 450. The fourth-order valence-corrected chi connectivity index (χ4v) is 2.45. The molecule has 1 fully saturated rings. The van der Waals surface area contributed by atoms with Crippen LogP contribution in [0, 0.1) is 18.3 Å². The number of rotatable bonds is 6. The molecule has 1 aromatic rings. The van der Waals surface area contributed by atoms with E-state index in [0.717, 1.165) is 17.8 Å². The molecule has 1 aromatic carbocycles. The molecule has 1 saturated carbocycles. The maximum Gasteiger partial charge on any atom is 0.238 e. The molecule has 104 valence electrons. The second-order valence-electron chi connectivity index (χ2n) is 5.98. The summed E-state index contributed by atoms with van der Waals surface area (Å²) in [6, 6.07) is 7.85. The van der Waals surface area contributed by atoms with E-state index in [0.29, 0.717) is 17.9 Å². The molecular weight excluding hydrogens is 236 g/mol. The summed E-state index contributed by atoms with van der Waals surface area (Å²) in [5, 5.41) is 6.24. The SMILES string of the molecule is Cc1ccccc1NC(=O)CNCC1(C(C)C)CC1. The smallest absolute Gasteiger partial charge is 0.238 e. The summed E-state index contributed by atoms with van der Waals surface area (Å²) in [6.07, 6.45) is 2.58. The fourth-order valence-electron chi connectivity index (χ4n) is 2.45. The average Bonchev–Trinajstić information content (AvgIpc) is 3.13.